The summed E-state index contributed by atoms with van der Waals surface area (Å²) >= 11 is 1.67. The second-order valence-corrected chi connectivity index (χ2v) is 6.24. The lowest BCUT2D eigenvalue weighted by Gasteiger charge is -2.26. The Hall–Kier alpha value is -1.69. The first-order valence-electron chi connectivity index (χ1n) is 7.37. The van der Waals surface area contributed by atoms with E-state index in [1.54, 1.807) is 16.7 Å². The van der Waals surface area contributed by atoms with E-state index in [4.69, 9.17) is 4.74 Å². The van der Waals surface area contributed by atoms with Crippen molar-refractivity contribution in [2.75, 3.05) is 25.2 Å². The first kappa shape index (κ1) is 16.7. The van der Waals surface area contributed by atoms with Crippen LogP contribution >= 0.6 is 11.8 Å². The van der Waals surface area contributed by atoms with Crippen LogP contribution < -0.4 is 10.1 Å². The van der Waals surface area contributed by atoms with E-state index in [0.29, 0.717) is 26.1 Å². The SMILES string of the molecule is CSCC[C@H](NC(C)=O)C(=O)N1CCOc2ccccc2C1. The number of para-hydroxylation sites is 1. The molecule has 0 aliphatic carbocycles. The minimum absolute atomic E-state index is 0.0375. The third-order valence-electron chi connectivity index (χ3n) is 3.55. The van der Waals surface area contributed by atoms with Gasteiger partial charge in [-0.2, -0.15) is 11.8 Å². The monoisotopic (exact) mass is 322 g/mol. The van der Waals surface area contributed by atoms with Gasteiger partial charge >= 0.3 is 0 Å². The Kier molecular flexibility index (Phi) is 6.12. The van der Waals surface area contributed by atoms with Gasteiger partial charge in [0, 0.05) is 19.0 Å². The number of rotatable bonds is 5. The van der Waals surface area contributed by atoms with Gasteiger partial charge in [-0.05, 0) is 24.5 Å². The van der Waals surface area contributed by atoms with Crippen LogP contribution in [0.1, 0.15) is 18.9 Å². The van der Waals surface area contributed by atoms with Crippen LogP contribution in [0.5, 0.6) is 5.75 Å². The lowest BCUT2D eigenvalue weighted by molar-refractivity contribution is -0.136. The number of nitrogens with one attached hydrogen (secondary N) is 1. The molecule has 1 aromatic rings. The lowest BCUT2D eigenvalue weighted by Crippen LogP contribution is -2.48. The van der Waals surface area contributed by atoms with E-state index in [1.807, 2.05) is 30.5 Å². The smallest absolute Gasteiger partial charge is 0.245 e. The molecular weight excluding hydrogens is 300 g/mol. The number of carbonyl (C=O) groups is 2. The van der Waals surface area contributed by atoms with Gasteiger partial charge < -0.3 is 15.0 Å². The zero-order valence-corrected chi connectivity index (χ0v) is 13.8. The van der Waals surface area contributed by atoms with Crippen LogP contribution in [0.25, 0.3) is 0 Å². The molecule has 1 N–H and O–H groups in total. The molecule has 2 rings (SSSR count). The van der Waals surface area contributed by atoms with Gasteiger partial charge in [-0.25, -0.2) is 0 Å². The highest BCUT2D eigenvalue weighted by atomic mass is 32.2. The maximum Gasteiger partial charge on any atom is 0.245 e. The maximum atomic E-state index is 12.7. The molecule has 0 fully saturated rings. The highest BCUT2D eigenvalue weighted by Gasteiger charge is 2.27. The molecule has 2 amide bonds. The van der Waals surface area contributed by atoms with Crippen molar-refractivity contribution in [3.63, 3.8) is 0 Å². The van der Waals surface area contributed by atoms with Gasteiger partial charge in [-0.3, -0.25) is 9.59 Å². The number of hydrogen-bond donors (Lipinski definition) is 1. The van der Waals surface area contributed by atoms with Crippen molar-refractivity contribution in [1.29, 1.82) is 0 Å². The molecule has 0 spiro atoms. The lowest BCUT2D eigenvalue weighted by atomic mass is 10.1. The molecule has 22 heavy (non-hydrogen) atoms. The van der Waals surface area contributed by atoms with Gasteiger partial charge in [-0.15, -0.1) is 0 Å². The van der Waals surface area contributed by atoms with E-state index in [0.717, 1.165) is 17.1 Å². The number of ether oxygens (including phenoxy) is 1. The predicted molar refractivity (Wildman–Crippen MR) is 88.0 cm³/mol. The fourth-order valence-corrected chi connectivity index (χ4v) is 2.94. The summed E-state index contributed by atoms with van der Waals surface area (Å²) in [5.74, 6) is 1.45. The highest BCUT2D eigenvalue weighted by Crippen LogP contribution is 2.23. The van der Waals surface area contributed by atoms with Gasteiger partial charge in [0.05, 0.1) is 6.54 Å². The van der Waals surface area contributed by atoms with E-state index >= 15 is 0 Å². The second kappa shape index (κ2) is 8.08. The molecule has 1 aliphatic heterocycles. The van der Waals surface area contributed by atoms with Gasteiger partial charge in [0.2, 0.25) is 11.8 Å². The maximum absolute atomic E-state index is 12.7. The van der Waals surface area contributed by atoms with Crippen LogP contribution in [-0.2, 0) is 16.1 Å². The minimum Gasteiger partial charge on any atom is -0.491 e. The first-order valence-corrected chi connectivity index (χ1v) is 8.76. The molecule has 1 aliphatic rings. The average molecular weight is 322 g/mol. The van der Waals surface area contributed by atoms with Crippen LogP contribution in [0.3, 0.4) is 0 Å². The van der Waals surface area contributed by atoms with Crippen molar-refractivity contribution in [3.8, 4) is 5.75 Å². The summed E-state index contributed by atoms with van der Waals surface area (Å²) in [6.07, 6.45) is 2.63. The molecule has 0 unspecified atom stereocenters. The molecule has 0 radical (unpaired) electrons. The summed E-state index contributed by atoms with van der Waals surface area (Å²) in [5.41, 5.74) is 1.000. The Morgan fingerprint density at radius 1 is 1.41 bits per heavy atom. The first-order chi connectivity index (χ1) is 10.6. The number of nitrogens with zero attached hydrogens (tertiary/aromatic N) is 1. The Morgan fingerprint density at radius 2 is 2.18 bits per heavy atom. The number of fused-ring (bicyclic) bond motifs is 1. The third-order valence-corrected chi connectivity index (χ3v) is 4.19. The van der Waals surface area contributed by atoms with Crippen LogP contribution in [0, 0.1) is 0 Å². The van der Waals surface area contributed by atoms with Gasteiger partial charge in [0.15, 0.2) is 0 Å². The zero-order valence-electron chi connectivity index (χ0n) is 13.0. The summed E-state index contributed by atoms with van der Waals surface area (Å²) in [7, 11) is 0. The van der Waals surface area contributed by atoms with Crippen molar-refractivity contribution < 1.29 is 14.3 Å². The fourth-order valence-electron chi connectivity index (χ4n) is 2.47. The topological polar surface area (TPSA) is 58.6 Å². The molecule has 1 aromatic carbocycles. The zero-order chi connectivity index (χ0) is 15.9. The summed E-state index contributed by atoms with van der Waals surface area (Å²) in [5, 5.41) is 2.77. The molecule has 0 aromatic heterocycles. The molecule has 0 saturated carbocycles. The van der Waals surface area contributed by atoms with E-state index in [2.05, 4.69) is 5.32 Å². The molecular formula is C16H22N2O3S. The fraction of sp³-hybridized carbons (Fsp3) is 0.500. The summed E-state index contributed by atoms with van der Waals surface area (Å²) < 4.78 is 5.69. The molecule has 120 valence electrons. The molecule has 1 heterocycles. The number of carbonyl (C=O) groups excluding carboxylic acids is 2. The summed E-state index contributed by atoms with van der Waals surface area (Å²) in [6.45, 7) is 2.96. The number of thioether (sulfide) groups is 1. The Labute approximate surface area is 135 Å². The third kappa shape index (κ3) is 4.40. The van der Waals surface area contributed by atoms with Crippen molar-refractivity contribution in [3.05, 3.63) is 29.8 Å². The predicted octanol–water partition coefficient (Wildman–Crippen LogP) is 1.67. The average Bonchev–Trinajstić information content (AvgIpc) is 2.72. The van der Waals surface area contributed by atoms with Crippen LogP contribution in [0.2, 0.25) is 0 Å². The van der Waals surface area contributed by atoms with Crippen LogP contribution in [-0.4, -0.2) is 47.9 Å². The quantitative estimate of drug-likeness (QED) is 0.896. The molecule has 6 heteroatoms. The number of hydrogen-bond acceptors (Lipinski definition) is 4. The van der Waals surface area contributed by atoms with Crippen molar-refractivity contribution in [2.24, 2.45) is 0 Å². The summed E-state index contributed by atoms with van der Waals surface area (Å²) in [6, 6.07) is 7.29. The van der Waals surface area contributed by atoms with Crippen molar-refractivity contribution >= 4 is 23.6 Å². The second-order valence-electron chi connectivity index (χ2n) is 5.25. The van der Waals surface area contributed by atoms with Crippen LogP contribution in [0.15, 0.2) is 24.3 Å². The van der Waals surface area contributed by atoms with E-state index in [1.165, 1.54) is 6.92 Å². The Morgan fingerprint density at radius 3 is 2.91 bits per heavy atom. The number of amides is 2. The van der Waals surface area contributed by atoms with Gasteiger partial charge in [0.1, 0.15) is 18.4 Å². The van der Waals surface area contributed by atoms with Crippen molar-refractivity contribution in [1.82, 2.24) is 10.2 Å². The van der Waals surface area contributed by atoms with Crippen LogP contribution in [0.4, 0.5) is 0 Å². The standard InChI is InChI=1S/C16H22N2O3S/c1-12(19)17-14(7-10-22-2)16(20)18-8-9-21-15-6-4-3-5-13(15)11-18/h3-6,14H,7-11H2,1-2H3,(H,17,19)/t14-/m0/s1. The van der Waals surface area contributed by atoms with Gasteiger partial charge in [0.25, 0.3) is 0 Å². The van der Waals surface area contributed by atoms with Gasteiger partial charge in [-0.1, -0.05) is 18.2 Å². The molecule has 1 atom stereocenters. The highest BCUT2D eigenvalue weighted by molar-refractivity contribution is 7.98. The Balaban J connectivity index is 2.10. The van der Waals surface area contributed by atoms with E-state index in [9.17, 15) is 9.59 Å². The van der Waals surface area contributed by atoms with E-state index < -0.39 is 6.04 Å². The molecule has 5 nitrogen and oxygen atoms in total. The normalized spacial score (nSPS) is 15.3. The molecule has 0 bridgehead atoms. The van der Waals surface area contributed by atoms with Crippen molar-refractivity contribution in [2.45, 2.75) is 25.9 Å². The Bertz CT molecular complexity index is 536. The number of benzene rings is 1. The summed E-state index contributed by atoms with van der Waals surface area (Å²) in [4.78, 5) is 25.9. The van der Waals surface area contributed by atoms with E-state index in [-0.39, 0.29) is 11.8 Å². The minimum atomic E-state index is -0.463. The molecule has 0 saturated heterocycles. The largest absolute Gasteiger partial charge is 0.491 e.